The van der Waals surface area contributed by atoms with E-state index in [0.29, 0.717) is 0 Å². The van der Waals surface area contributed by atoms with Crippen molar-refractivity contribution in [2.75, 3.05) is 0 Å². The summed E-state index contributed by atoms with van der Waals surface area (Å²) in [5.74, 6) is 0. The maximum atomic E-state index is 3.54. The molecule has 2 aliphatic carbocycles. The minimum Gasteiger partial charge on any atom is -0.356 e. The number of aromatic amines is 1. The molecule has 1 aromatic rings. The van der Waals surface area contributed by atoms with Crippen LogP contribution in [-0.4, -0.2) is 4.98 Å². The molecular formula is C12H15N. The summed E-state index contributed by atoms with van der Waals surface area (Å²) in [6, 6.07) is 0. The van der Waals surface area contributed by atoms with Crippen LogP contribution >= 0.6 is 0 Å². The summed E-state index contributed by atoms with van der Waals surface area (Å²) >= 11 is 0. The molecule has 0 atom stereocenters. The Bertz CT molecular complexity index is 396. The van der Waals surface area contributed by atoms with Crippen molar-refractivity contribution in [3.63, 3.8) is 0 Å². The minimum atomic E-state index is 1.26. The van der Waals surface area contributed by atoms with E-state index in [1.807, 2.05) is 0 Å². The molecule has 0 amide bonds. The zero-order valence-electron chi connectivity index (χ0n) is 7.90. The molecule has 0 spiro atoms. The molecule has 68 valence electrons. The summed E-state index contributed by atoms with van der Waals surface area (Å²) < 4.78 is 0. The SMILES string of the molecule is C1=c2[nH]c3c(c2CCC1)CCCC=3. The lowest BCUT2D eigenvalue weighted by Crippen LogP contribution is -2.14. The van der Waals surface area contributed by atoms with Crippen LogP contribution in [0.25, 0.3) is 12.2 Å². The number of fused-ring (bicyclic) bond motifs is 3. The van der Waals surface area contributed by atoms with Crippen molar-refractivity contribution >= 4 is 12.2 Å². The van der Waals surface area contributed by atoms with Gasteiger partial charge in [-0.25, -0.2) is 0 Å². The third kappa shape index (κ3) is 1.06. The highest BCUT2D eigenvalue weighted by atomic mass is 14.7. The Morgan fingerprint density at radius 1 is 0.846 bits per heavy atom. The average Bonchev–Trinajstić information content (AvgIpc) is 2.56. The van der Waals surface area contributed by atoms with Gasteiger partial charge in [-0.2, -0.15) is 0 Å². The van der Waals surface area contributed by atoms with Crippen LogP contribution in [-0.2, 0) is 12.8 Å². The third-order valence-electron chi connectivity index (χ3n) is 3.24. The topological polar surface area (TPSA) is 15.8 Å². The van der Waals surface area contributed by atoms with E-state index >= 15 is 0 Å². The van der Waals surface area contributed by atoms with Gasteiger partial charge in [0.25, 0.3) is 0 Å². The lowest BCUT2D eigenvalue weighted by Gasteiger charge is -2.08. The molecule has 0 fully saturated rings. The fourth-order valence-electron chi connectivity index (χ4n) is 2.59. The summed E-state index contributed by atoms with van der Waals surface area (Å²) in [5, 5.41) is 2.85. The summed E-state index contributed by atoms with van der Waals surface area (Å²) in [6.45, 7) is 0. The highest BCUT2D eigenvalue weighted by Crippen LogP contribution is 2.14. The van der Waals surface area contributed by atoms with Gasteiger partial charge in [-0.3, -0.25) is 0 Å². The van der Waals surface area contributed by atoms with Crippen LogP contribution in [0.4, 0.5) is 0 Å². The number of hydrogen-bond donors (Lipinski definition) is 1. The highest BCUT2D eigenvalue weighted by Gasteiger charge is 2.13. The van der Waals surface area contributed by atoms with Crippen molar-refractivity contribution in [1.29, 1.82) is 0 Å². The molecule has 1 nitrogen and oxygen atoms in total. The second-order valence-electron chi connectivity index (χ2n) is 4.10. The Morgan fingerprint density at radius 3 is 1.92 bits per heavy atom. The van der Waals surface area contributed by atoms with E-state index in [9.17, 15) is 0 Å². The number of rotatable bonds is 0. The maximum Gasteiger partial charge on any atom is 0.0379 e. The molecule has 1 heteroatoms. The fourth-order valence-corrected chi connectivity index (χ4v) is 2.59. The van der Waals surface area contributed by atoms with Gasteiger partial charge in [0.2, 0.25) is 0 Å². The van der Waals surface area contributed by atoms with Gasteiger partial charge in [0.15, 0.2) is 0 Å². The normalized spacial score (nSPS) is 19.7. The minimum absolute atomic E-state index is 1.26. The molecule has 3 rings (SSSR count). The zero-order valence-corrected chi connectivity index (χ0v) is 7.90. The van der Waals surface area contributed by atoms with Gasteiger partial charge in [-0.05, 0) is 49.7 Å². The van der Waals surface area contributed by atoms with Gasteiger partial charge < -0.3 is 4.98 Å². The number of aromatic nitrogens is 1. The predicted octanol–water partition coefficient (Wildman–Crippen LogP) is 1.25. The van der Waals surface area contributed by atoms with Crippen molar-refractivity contribution < 1.29 is 0 Å². The number of H-pyrrole nitrogens is 1. The fraction of sp³-hybridized carbons (Fsp3) is 0.500. The standard InChI is InChI=1S/C12H15N/c1-3-7-11-9(5-1)10-6-2-4-8-12(10)13-11/h7-8,13H,1-6H2. The highest BCUT2D eigenvalue weighted by molar-refractivity contribution is 5.41. The maximum absolute atomic E-state index is 3.54. The first kappa shape index (κ1) is 7.43. The molecule has 1 heterocycles. The van der Waals surface area contributed by atoms with Crippen molar-refractivity contribution in [3.05, 3.63) is 21.8 Å². The molecule has 13 heavy (non-hydrogen) atoms. The Kier molecular flexibility index (Phi) is 1.58. The van der Waals surface area contributed by atoms with Gasteiger partial charge in [0, 0.05) is 10.7 Å². The first-order valence-electron chi connectivity index (χ1n) is 5.35. The zero-order chi connectivity index (χ0) is 8.67. The average molecular weight is 173 g/mol. The van der Waals surface area contributed by atoms with E-state index < -0.39 is 0 Å². The van der Waals surface area contributed by atoms with Crippen LogP contribution in [0, 0.1) is 0 Å². The Hall–Kier alpha value is -0.980. The van der Waals surface area contributed by atoms with Crippen molar-refractivity contribution in [2.24, 2.45) is 0 Å². The molecule has 1 aromatic heterocycles. The van der Waals surface area contributed by atoms with Crippen LogP contribution in [0.3, 0.4) is 0 Å². The molecular weight excluding hydrogens is 158 g/mol. The molecule has 0 bridgehead atoms. The summed E-state index contributed by atoms with van der Waals surface area (Å²) in [4.78, 5) is 3.54. The molecule has 0 unspecified atom stereocenters. The third-order valence-corrected chi connectivity index (χ3v) is 3.24. The van der Waals surface area contributed by atoms with Gasteiger partial charge >= 0.3 is 0 Å². The lowest BCUT2D eigenvalue weighted by atomic mass is 9.95. The Morgan fingerprint density at radius 2 is 1.38 bits per heavy atom. The first-order chi connectivity index (χ1) is 6.45. The van der Waals surface area contributed by atoms with E-state index in [1.54, 1.807) is 11.1 Å². The van der Waals surface area contributed by atoms with E-state index in [0.717, 1.165) is 0 Å². The van der Waals surface area contributed by atoms with Crippen LogP contribution in [0.1, 0.15) is 36.8 Å². The number of nitrogens with one attached hydrogen (secondary N) is 1. The molecule has 0 aliphatic heterocycles. The van der Waals surface area contributed by atoms with Gasteiger partial charge in [-0.15, -0.1) is 0 Å². The molecule has 0 radical (unpaired) electrons. The first-order valence-corrected chi connectivity index (χ1v) is 5.35. The second kappa shape index (κ2) is 2.76. The van der Waals surface area contributed by atoms with Crippen LogP contribution in [0.2, 0.25) is 0 Å². The molecule has 0 saturated heterocycles. The Labute approximate surface area is 78.2 Å². The van der Waals surface area contributed by atoms with Gasteiger partial charge in [0.05, 0.1) is 0 Å². The van der Waals surface area contributed by atoms with Crippen molar-refractivity contribution in [1.82, 2.24) is 4.98 Å². The smallest absolute Gasteiger partial charge is 0.0379 e. The van der Waals surface area contributed by atoms with Crippen molar-refractivity contribution in [3.8, 4) is 0 Å². The molecule has 0 saturated carbocycles. The van der Waals surface area contributed by atoms with Crippen LogP contribution in [0.15, 0.2) is 0 Å². The second-order valence-corrected chi connectivity index (χ2v) is 4.10. The quantitative estimate of drug-likeness (QED) is 0.607. The van der Waals surface area contributed by atoms with Gasteiger partial charge in [-0.1, -0.05) is 12.2 Å². The summed E-state index contributed by atoms with van der Waals surface area (Å²) in [5.41, 5.74) is 3.24. The summed E-state index contributed by atoms with van der Waals surface area (Å²) in [7, 11) is 0. The lowest BCUT2D eigenvalue weighted by molar-refractivity contribution is 0.793. The van der Waals surface area contributed by atoms with Gasteiger partial charge in [0.1, 0.15) is 0 Å². The predicted molar refractivity (Wildman–Crippen MR) is 54.8 cm³/mol. The summed E-state index contributed by atoms with van der Waals surface area (Å²) in [6.07, 6.45) is 12.5. The van der Waals surface area contributed by atoms with E-state index in [4.69, 9.17) is 0 Å². The molecule has 0 aromatic carbocycles. The van der Waals surface area contributed by atoms with Crippen LogP contribution in [0.5, 0.6) is 0 Å². The molecule has 2 aliphatic rings. The van der Waals surface area contributed by atoms with E-state index in [-0.39, 0.29) is 0 Å². The monoisotopic (exact) mass is 173 g/mol. The molecule has 1 N–H and O–H groups in total. The number of hydrogen-bond acceptors (Lipinski definition) is 0. The van der Waals surface area contributed by atoms with E-state index in [2.05, 4.69) is 17.1 Å². The van der Waals surface area contributed by atoms with E-state index in [1.165, 1.54) is 49.2 Å². The largest absolute Gasteiger partial charge is 0.356 e. The van der Waals surface area contributed by atoms with Crippen LogP contribution < -0.4 is 10.7 Å². The van der Waals surface area contributed by atoms with Crippen molar-refractivity contribution in [2.45, 2.75) is 38.5 Å². The Balaban J connectivity index is 2.33.